The van der Waals surface area contributed by atoms with Crippen molar-refractivity contribution in [2.45, 2.75) is 18.4 Å². The average molecular weight is 195 g/mol. The van der Waals surface area contributed by atoms with Gasteiger partial charge in [-0.05, 0) is 12.8 Å². The Hall–Kier alpha value is 1.07. The molecule has 0 radical (unpaired) electrons. The van der Waals surface area contributed by atoms with Crippen molar-refractivity contribution in [3.8, 4) is 0 Å². The maximum atomic E-state index is 5.49. The summed E-state index contributed by atoms with van der Waals surface area (Å²) in [5.74, 6) is 0. The van der Waals surface area contributed by atoms with Gasteiger partial charge in [-0.2, -0.15) is 0 Å². The van der Waals surface area contributed by atoms with Crippen molar-refractivity contribution in [3.05, 3.63) is 0 Å². The summed E-state index contributed by atoms with van der Waals surface area (Å²) in [6.07, 6.45) is 2.16. The molecule has 1 fully saturated rings. The van der Waals surface area contributed by atoms with Crippen LogP contribution in [0.1, 0.15) is 12.8 Å². The van der Waals surface area contributed by atoms with E-state index in [0.29, 0.717) is 0 Å². The van der Waals surface area contributed by atoms with E-state index >= 15 is 0 Å². The zero-order valence-corrected chi connectivity index (χ0v) is 7.15. The molecule has 0 spiro atoms. The number of hydrogen-bond acceptors (Lipinski definition) is 1. The maximum absolute atomic E-state index is 5.49. The fourth-order valence-electron chi connectivity index (χ4n) is 0.538. The van der Waals surface area contributed by atoms with E-state index in [1.807, 2.05) is 0 Å². The van der Waals surface area contributed by atoms with Gasteiger partial charge in [0.1, 0.15) is 5.56 Å². The Kier molecular flexibility index (Phi) is 9.15. The Labute approximate surface area is 71.3 Å². The molecule has 1 unspecified atom stereocenters. The van der Waals surface area contributed by atoms with Crippen LogP contribution in [0.5, 0.6) is 0 Å². The molecule has 0 saturated carbocycles. The fourth-order valence-corrected chi connectivity index (χ4v) is 0.782. The van der Waals surface area contributed by atoms with Crippen LogP contribution in [0.15, 0.2) is 0 Å². The Morgan fingerprint density at radius 1 is 1.50 bits per heavy atom. The molecule has 1 saturated heterocycles. The quantitative estimate of drug-likeness (QED) is 0.535. The van der Waals surface area contributed by atoms with Crippen LogP contribution >= 0.6 is 24.0 Å². The van der Waals surface area contributed by atoms with E-state index in [1.54, 1.807) is 0 Å². The summed E-state index contributed by atoms with van der Waals surface area (Å²) in [7, 11) is 0. The van der Waals surface area contributed by atoms with Gasteiger partial charge in [0.15, 0.2) is 0 Å². The summed E-state index contributed by atoms with van der Waals surface area (Å²) in [5, 5.41) is 0. The first-order valence-electron chi connectivity index (χ1n) is 2.15. The molecule has 1 rings (SSSR count). The van der Waals surface area contributed by atoms with E-state index < -0.39 is 0 Å². The summed E-state index contributed by atoms with van der Waals surface area (Å²) in [5.41, 5.74) is 0.0185. The second-order valence-corrected chi connectivity index (χ2v) is 1.91. The van der Waals surface area contributed by atoms with Crippen LogP contribution in [0.3, 0.4) is 0 Å². The molecule has 1 heterocycles. The molecule has 8 heavy (non-hydrogen) atoms. The largest absolute Gasteiger partial charge is 0.362 e. The molecule has 50 valence electrons. The van der Waals surface area contributed by atoms with Crippen molar-refractivity contribution < 1.29 is 22.1 Å². The molecular weight excluding hydrogens is 187 g/mol. The molecule has 0 amide bonds. The van der Waals surface area contributed by atoms with Gasteiger partial charge < -0.3 is 4.74 Å². The number of ether oxygens (including phenoxy) is 1. The van der Waals surface area contributed by atoms with Gasteiger partial charge in [-0.3, -0.25) is 0 Å². The van der Waals surface area contributed by atoms with E-state index in [-0.39, 0.29) is 35.3 Å². The third-order valence-corrected chi connectivity index (χ3v) is 1.22. The zero-order chi connectivity index (χ0) is 4.41. The number of halogens is 2. The average Bonchev–Trinajstić information content (AvgIpc) is 1.86. The maximum Gasteiger partial charge on any atom is 0.131 e. The third kappa shape index (κ3) is 4.00. The van der Waals surface area contributed by atoms with Crippen LogP contribution in [-0.4, -0.2) is 12.2 Å². The first-order chi connectivity index (χ1) is 2.89. The van der Waals surface area contributed by atoms with Crippen molar-refractivity contribution in [2.75, 3.05) is 6.61 Å². The first-order valence-corrected chi connectivity index (χ1v) is 2.59. The Morgan fingerprint density at radius 2 is 2.12 bits per heavy atom. The molecule has 4 heteroatoms. The molecule has 1 nitrogen and oxygen atoms in total. The van der Waals surface area contributed by atoms with Gasteiger partial charge in [0.05, 0.1) is 0 Å². The number of rotatable bonds is 0. The molecule has 1 aliphatic rings. The molecule has 1 atom stereocenters. The first kappa shape index (κ1) is 11.8. The minimum atomic E-state index is 0. The predicted molar refractivity (Wildman–Crippen MR) is 32.1 cm³/mol. The van der Waals surface area contributed by atoms with Crippen LogP contribution in [-0.2, 0) is 22.1 Å². The number of alkyl halides is 1. The van der Waals surface area contributed by atoms with Crippen molar-refractivity contribution in [1.29, 1.82) is 0 Å². The zero-order valence-electron chi connectivity index (χ0n) is 4.30. The Morgan fingerprint density at radius 3 is 2.25 bits per heavy atom. The summed E-state index contributed by atoms with van der Waals surface area (Å²) >= 11 is 5.49. The van der Waals surface area contributed by atoms with Crippen molar-refractivity contribution >= 4 is 24.0 Å². The van der Waals surface area contributed by atoms with Gasteiger partial charge in [0, 0.05) is 24.0 Å². The van der Waals surface area contributed by atoms with E-state index in [9.17, 15) is 0 Å². The van der Waals surface area contributed by atoms with Gasteiger partial charge in [-0.25, -0.2) is 0 Å². The topological polar surface area (TPSA) is 9.23 Å². The van der Waals surface area contributed by atoms with Crippen molar-refractivity contribution in [3.63, 3.8) is 0 Å². The van der Waals surface area contributed by atoms with E-state index in [4.69, 9.17) is 16.3 Å². The minimum Gasteiger partial charge on any atom is -0.362 e. The van der Waals surface area contributed by atoms with E-state index in [1.165, 1.54) is 0 Å². The van der Waals surface area contributed by atoms with Crippen LogP contribution in [0, 0.1) is 0 Å². The molecule has 0 aromatic carbocycles. The molecule has 0 N–H and O–H groups in total. The van der Waals surface area contributed by atoms with Crippen LogP contribution in [0.4, 0.5) is 0 Å². The van der Waals surface area contributed by atoms with E-state index in [2.05, 4.69) is 0 Å². The van der Waals surface area contributed by atoms with Gasteiger partial charge in [-0.15, -0.1) is 12.4 Å². The van der Waals surface area contributed by atoms with Crippen molar-refractivity contribution in [1.82, 2.24) is 0 Å². The summed E-state index contributed by atoms with van der Waals surface area (Å²) in [4.78, 5) is 0. The molecular formula is C4H8Cl2CrO. The van der Waals surface area contributed by atoms with Crippen molar-refractivity contribution in [2.24, 2.45) is 0 Å². The smallest absolute Gasteiger partial charge is 0.131 e. The number of hydrogen-bond donors (Lipinski definition) is 0. The standard InChI is InChI=1S/C4H7ClO.ClH.Cr/c5-4-2-1-3-6-4;;/h4H,1-3H2;1H;. The van der Waals surface area contributed by atoms with Gasteiger partial charge in [-0.1, -0.05) is 11.6 Å². The molecule has 0 aromatic rings. The second kappa shape index (κ2) is 6.20. The molecule has 0 aliphatic carbocycles. The predicted octanol–water partition coefficient (Wildman–Crippen LogP) is 1.78. The second-order valence-electron chi connectivity index (χ2n) is 1.42. The van der Waals surface area contributed by atoms with Gasteiger partial charge in [0.2, 0.25) is 0 Å². The van der Waals surface area contributed by atoms with Crippen LogP contribution in [0.25, 0.3) is 0 Å². The molecule has 0 bridgehead atoms. The molecule has 0 aromatic heterocycles. The van der Waals surface area contributed by atoms with Gasteiger partial charge in [0.25, 0.3) is 0 Å². The third-order valence-electron chi connectivity index (χ3n) is 0.874. The fraction of sp³-hybridized carbons (Fsp3) is 1.00. The summed E-state index contributed by atoms with van der Waals surface area (Å²) < 4.78 is 4.92. The Bertz CT molecular complexity index is 47.3. The van der Waals surface area contributed by atoms with Crippen LogP contribution < -0.4 is 0 Å². The SMILES string of the molecule is Cl.ClC1CCCO1.[Cr]. The van der Waals surface area contributed by atoms with Gasteiger partial charge >= 0.3 is 0 Å². The minimum absolute atomic E-state index is 0. The summed E-state index contributed by atoms with van der Waals surface area (Å²) in [6, 6.07) is 0. The molecule has 1 aliphatic heterocycles. The summed E-state index contributed by atoms with van der Waals surface area (Å²) in [6.45, 7) is 0.855. The monoisotopic (exact) mass is 194 g/mol. The normalized spacial score (nSPS) is 25.9. The van der Waals surface area contributed by atoms with E-state index in [0.717, 1.165) is 19.4 Å². The Balaban J connectivity index is 0. The van der Waals surface area contributed by atoms with Crippen LogP contribution in [0.2, 0.25) is 0 Å².